The first kappa shape index (κ1) is 13.7. The summed E-state index contributed by atoms with van der Waals surface area (Å²) in [7, 11) is 1.32. The van der Waals surface area contributed by atoms with Gasteiger partial charge in [0.05, 0.1) is 36.1 Å². The fourth-order valence-corrected chi connectivity index (χ4v) is 1.78. The van der Waals surface area contributed by atoms with E-state index in [1.54, 1.807) is 35.9 Å². The van der Waals surface area contributed by atoms with E-state index in [0.29, 0.717) is 17.8 Å². The normalized spacial score (nSPS) is 10.3. The van der Waals surface area contributed by atoms with Crippen LogP contribution >= 0.6 is 0 Å². The number of hydrogen-bond acceptors (Lipinski definition) is 5. The maximum atomic E-state index is 11.3. The molecule has 7 nitrogen and oxygen atoms in total. The highest BCUT2D eigenvalue weighted by molar-refractivity contribution is 5.89. The number of aromatic nitrogens is 2. The molecule has 0 radical (unpaired) electrons. The quantitative estimate of drug-likeness (QED) is 0.483. The second-order valence-corrected chi connectivity index (χ2v) is 4.25. The van der Waals surface area contributed by atoms with E-state index in [1.807, 2.05) is 0 Å². The standard InChI is InChI=1S/C13H13N3O4/c1-9-7-12(16(18)19)14-15(9)8-10-3-5-11(6-4-10)13(17)20-2/h3-7H,8H2,1-2H3. The van der Waals surface area contributed by atoms with E-state index >= 15 is 0 Å². The first-order valence-electron chi connectivity index (χ1n) is 5.87. The maximum Gasteiger partial charge on any atom is 0.390 e. The largest absolute Gasteiger partial charge is 0.465 e. The molecule has 0 unspecified atom stereocenters. The fourth-order valence-electron chi connectivity index (χ4n) is 1.78. The Bertz CT molecular complexity index is 646. The van der Waals surface area contributed by atoms with Gasteiger partial charge >= 0.3 is 11.8 Å². The average Bonchev–Trinajstić information content (AvgIpc) is 2.80. The van der Waals surface area contributed by atoms with Gasteiger partial charge in [-0.1, -0.05) is 12.1 Å². The summed E-state index contributed by atoms with van der Waals surface area (Å²) in [6.45, 7) is 2.16. The summed E-state index contributed by atoms with van der Waals surface area (Å²) in [5.74, 6) is -0.573. The molecule has 1 heterocycles. The Morgan fingerprint density at radius 1 is 1.40 bits per heavy atom. The van der Waals surface area contributed by atoms with Gasteiger partial charge in [0.1, 0.15) is 0 Å². The molecule has 1 aromatic carbocycles. The lowest BCUT2D eigenvalue weighted by Gasteiger charge is -2.02. The Balaban J connectivity index is 2.18. The highest BCUT2D eigenvalue weighted by Crippen LogP contribution is 2.13. The molecule has 0 N–H and O–H groups in total. The van der Waals surface area contributed by atoms with E-state index in [9.17, 15) is 14.9 Å². The van der Waals surface area contributed by atoms with Crippen molar-refractivity contribution in [1.82, 2.24) is 9.78 Å². The van der Waals surface area contributed by atoms with Gasteiger partial charge in [-0.3, -0.25) is 0 Å². The van der Waals surface area contributed by atoms with Crippen molar-refractivity contribution in [3.05, 3.63) is 57.3 Å². The number of hydrogen-bond donors (Lipinski definition) is 0. The highest BCUT2D eigenvalue weighted by atomic mass is 16.6. The lowest BCUT2D eigenvalue weighted by molar-refractivity contribution is -0.389. The van der Waals surface area contributed by atoms with E-state index in [1.165, 1.54) is 13.2 Å². The molecule has 0 aliphatic heterocycles. The summed E-state index contributed by atoms with van der Waals surface area (Å²) >= 11 is 0. The van der Waals surface area contributed by atoms with Gasteiger partial charge in [-0.05, 0) is 29.5 Å². The van der Waals surface area contributed by atoms with Crippen molar-refractivity contribution in [2.75, 3.05) is 7.11 Å². The zero-order valence-corrected chi connectivity index (χ0v) is 11.1. The summed E-state index contributed by atoms with van der Waals surface area (Å²) in [6, 6.07) is 8.24. The molecule has 20 heavy (non-hydrogen) atoms. The van der Waals surface area contributed by atoms with Crippen LogP contribution in [-0.4, -0.2) is 27.8 Å². The van der Waals surface area contributed by atoms with Crippen molar-refractivity contribution < 1.29 is 14.5 Å². The van der Waals surface area contributed by atoms with Gasteiger partial charge < -0.3 is 14.9 Å². The van der Waals surface area contributed by atoms with Gasteiger partial charge in [0, 0.05) is 0 Å². The van der Waals surface area contributed by atoms with Crippen molar-refractivity contribution >= 4 is 11.8 Å². The number of aryl methyl sites for hydroxylation is 1. The summed E-state index contributed by atoms with van der Waals surface area (Å²) in [4.78, 5) is 21.4. The number of ether oxygens (including phenoxy) is 1. The van der Waals surface area contributed by atoms with E-state index < -0.39 is 10.9 Å². The molecule has 0 atom stereocenters. The molecule has 0 aliphatic rings. The third kappa shape index (κ3) is 2.82. The first-order chi connectivity index (χ1) is 9.51. The summed E-state index contributed by atoms with van der Waals surface area (Å²) < 4.78 is 6.16. The minimum absolute atomic E-state index is 0.173. The number of methoxy groups -OCH3 is 1. The zero-order chi connectivity index (χ0) is 14.7. The van der Waals surface area contributed by atoms with Crippen molar-refractivity contribution in [1.29, 1.82) is 0 Å². The molecule has 0 amide bonds. The Kier molecular flexibility index (Phi) is 3.79. The molecule has 2 aromatic rings. The Labute approximate surface area is 114 Å². The van der Waals surface area contributed by atoms with E-state index in [2.05, 4.69) is 9.84 Å². The molecular weight excluding hydrogens is 262 g/mol. The number of nitro groups is 1. The van der Waals surface area contributed by atoms with Crippen molar-refractivity contribution in [3.63, 3.8) is 0 Å². The van der Waals surface area contributed by atoms with E-state index in [-0.39, 0.29) is 5.82 Å². The lowest BCUT2D eigenvalue weighted by atomic mass is 10.1. The number of rotatable bonds is 4. The van der Waals surface area contributed by atoms with Crippen LogP contribution in [0.25, 0.3) is 0 Å². The van der Waals surface area contributed by atoms with Gasteiger partial charge in [-0.15, -0.1) is 0 Å². The molecule has 7 heteroatoms. The van der Waals surface area contributed by atoms with Crippen molar-refractivity contribution in [2.24, 2.45) is 0 Å². The third-order valence-corrected chi connectivity index (χ3v) is 2.86. The Morgan fingerprint density at radius 2 is 2.05 bits per heavy atom. The zero-order valence-electron chi connectivity index (χ0n) is 11.1. The third-order valence-electron chi connectivity index (χ3n) is 2.86. The Hall–Kier alpha value is -2.70. The SMILES string of the molecule is COC(=O)c1ccc(Cn2nc([N+](=O)[O-])cc2C)cc1. The highest BCUT2D eigenvalue weighted by Gasteiger charge is 2.15. The van der Waals surface area contributed by atoms with Crippen LogP contribution in [0.4, 0.5) is 5.82 Å². The van der Waals surface area contributed by atoms with E-state index in [4.69, 9.17) is 0 Å². The van der Waals surface area contributed by atoms with Crippen molar-refractivity contribution in [3.8, 4) is 0 Å². The van der Waals surface area contributed by atoms with Crippen LogP contribution < -0.4 is 0 Å². The number of nitrogens with zero attached hydrogens (tertiary/aromatic N) is 3. The molecule has 104 valence electrons. The second kappa shape index (κ2) is 5.52. The van der Waals surface area contributed by atoms with E-state index in [0.717, 1.165) is 5.56 Å². The summed E-state index contributed by atoms with van der Waals surface area (Å²) in [6.07, 6.45) is 0. The maximum absolute atomic E-state index is 11.3. The summed E-state index contributed by atoms with van der Waals surface area (Å²) in [5.41, 5.74) is 2.05. The summed E-state index contributed by atoms with van der Waals surface area (Å²) in [5, 5.41) is 14.6. The molecule has 0 fully saturated rings. The van der Waals surface area contributed by atoms with Crippen LogP contribution in [0.3, 0.4) is 0 Å². The topological polar surface area (TPSA) is 87.3 Å². The molecule has 0 aliphatic carbocycles. The molecule has 0 bridgehead atoms. The molecule has 2 rings (SSSR count). The van der Waals surface area contributed by atoms with Crippen LogP contribution in [0.2, 0.25) is 0 Å². The van der Waals surface area contributed by atoms with Crippen LogP contribution in [-0.2, 0) is 11.3 Å². The minimum Gasteiger partial charge on any atom is -0.465 e. The first-order valence-corrected chi connectivity index (χ1v) is 5.87. The lowest BCUT2D eigenvalue weighted by Crippen LogP contribution is -2.05. The van der Waals surface area contributed by atoms with Crippen molar-refractivity contribution in [2.45, 2.75) is 13.5 Å². The van der Waals surface area contributed by atoms with Crippen LogP contribution in [0, 0.1) is 17.0 Å². The number of esters is 1. The monoisotopic (exact) mass is 275 g/mol. The van der Waals surface area contributed by atoms with Gasteiger partial charge in [0.25, 0.3) is 0 Å². The molecular formula is C13H13N3O4. The van der Waals surface area contributed by atoms with Crippen LogP contribution in [0.1, 0.15) is 21.6 Å². The van der Waals surface area contributed by atoms with Crippen LogP contribution in [0.5, 0.6) is 0 Å². The van der Waals surface area contributed by atoms with Gasteiger partial charge in [-0.2, -0.15) is 4.68 Å². The molecule has 0 spiro atoms. The predicted octanol–water partition coefficient (Wildman–Crippen LogP) is 1.93. The van der Waals surface area contributed by atoms with Gasteiger partial charge in [0.15, 0.2) is 0 Å². The predicted molar refractivity (Wildman–Crippen MR) is 70.5 cm³/mol. The Morgan fingerprint density at radius 3 is 2.55 bits per heavy atom. The smallest absolute Gasteiger partial charge is 0.390 e. The van der Waals surface area contributed by atoms with Crippen LogP contribution in [0.15, 0.2) is 30.3 Å². The minimum atomic E-state index is -0.524. The number of benzene rings is 1. The number of carbonyl (C=O) groups excluding carboxylic acids is 1. The number of carbonyl (C=O) groups is 1. The molecule has 1 aromatic heterocycles. The molecule has 0 saturated carbocycles. The van der Waals surface area contributed by atoms with Gasteiger partial charge in [-0.25, -0.2) is 4.79 Å². The van der Waals surface area contributed by atoms with Gasteiger partial charge in [0.2, 0.25) is 0 Å². The second-order valence-electron chi connectivity index (χ2n) is 4.25. The average molecular weight is 275 g/mol. The molecule has 0 saturated heterocycles. The fraction of sp³-hybridized carbons (Fsp3) is 0.231.